The van der Waals surface area contributed by atoms with E-state index in [1.165, 1.54) is 42.6 Å². The maximum atomic E-state index is 13.3. The van der Waals surface area contributed by atoms with E-state index in [-0.39, 0.29) is 23.8 Å². The number of likely N-dealkylation sites (tertiary alicyclic amines) is 2. The van der Waals surface area contributed by atoms with E-state index in [1.807, 2.05) is 30.2 Å². The molecule has 1 aliphatic carbocycles. The number of piperidine rings is 1. The van der Waals surface area contributed by atoms with E-state index in [9.17, 15) is 14.4 Å². The van der Waals surface area contributed by atoms with E-state index >= 15 is 0 Å². The third-order valence-corrected chi connectivity index (χ3v) is 10.5. The monoisotopic (exact) mass is 643 g/mol. The van der Waals surface area contributed by atoms with Crippen LogP contribution in [0.15, 0.2) is 47.8 Å². The topological polar surface area (TPSA) is 104 Å². The Bertz CT molecular complexity index is 1530. The zero-order chi connectivity index (χ0) is 32.0. The van der Waals surface area contributed by atoms with Crippen LogP contribution in [0.5, 0.6) is 5.75 Å². The predicted molar refractivity (Wildman–Crippen MR) is 182 cm³/mol. The lowest BCUT2D eigenvalue weighted by molar-refractivity contribution is -0.121. The summed E-state index contributed by atoms with van der Waals surface area (Å²) in [7, 11) is 0. The van der Waals surface area contributed by atoms with Gasteiger partial charge >= 0.3 is 0 Å². The van der Waals surface area contributed by atoms with Crippen LogP contribution in [0.4, 0.5) is 5.13 Å². The summed E-state index contributed by atoms with van der Waals surface area (Å²) in [6, 6.07) is 14.0. The molecule has 9 nitrogen and oxygen atoms in total. The predicted octanol–water partition coefficient (Wildman–Crippen LogP) is 6.32. The number of hydrogen-bond acceptors (Lipinski definition) is 7. The molecule has 6 rings (SSSR count). The van der Waals surface area contributed by atoms with Gasteiger partial charge in [0.25, 0.3) is 11.8 Å². The second kappa shape index (κ2) is 14.8. The van der Waals surface area contributed by atoms with Gasteiger partial charge in [-0.05, 0) is 86.9 Å². The highest BCUT2D eigenvalue weighted by atomic mass is 32.1. The quantitative estimate of drug-likeness (QED) is 0.268. The SMILES string of the molecule is CCOc1ccc(C2CCCC2)cc1-c1csc(NC(=O)c2ccc(C(=O)N3CCC(N4CCC(NC(=O)CC)C4)CC3)cc2)n1. The summed E-state index contributed by atoms with van der Waals surface area (Å²) in [6.45, 7) is 7.71. The van der Waals surface area contributed by atoms with Gasteiger partial charge in [-0.25, -0.2) is 4.98 Å². The second-order valence-electron chi connectivity index (χ2n) is 12.7. The fraction of sp³-hybridized carbons (Fsp3) is 0.500. The summed E-state index contributed by atoms with van der Waals surface area (Å²) in [6.07, 6.45) is 8.33. The number of nitrogens with one attached hydrogen (secondary N) is 2. The van der Waals surface area contributed by atoms with Crippen molar-refractivity contribution in [3.05, 3.63) is 64.5 Å². The van der Waals surface area contributed by atoms with Crippen molar-refractivity contribution in [1.82, 2.24) is 20.1 Å². The average Bonchev–Trinajstić information content (AvgIpc) is 3.88. The molecule has 3 amide bonds. The molecule has 1 aromatic heterocycles. The van der Waals surface area contributed by atoms with Crippen LogP contribution in [-0.4, -0.2) is 77.4 Å². The third kappa shape index (κ3) is 7.44. The molecule has 3 aromatic rings. The van der Waals surface area contributed by atoms with Crippen molar-refractivity contribution in [3.63, 3.8) is 0 Å². The number of rotatable bonds is 10. The van der Waals surface area contributed by atoms with Gasteiger partial charge in [-0.2, -0.15) is 0 Å². The molecule has 2 saturated heterocycles. The molecule has 1 atom stereocenters. The van der Waals surface area contributed by atoms with Crippen molar-refractivity contribution >= 4 is 34.2 Å². The average molecular weight is 644 g/mol. The number of hydrogen-bond donors (Lipinski definition) is 2. The zero-order valence-electron chi connectivity index (χ0n) is 26.9. The standard InChI is InChI=1S/C36H45N5O4S/c1-3-33(42)37-28-15-18-41(22-28)29-16-19-40(20-17-29)35(44)26-11-9-25(10-12-26)34(43)39-36-38-31(23-46-36)30-21-27(24-7-5-6-8-24)13-14-32(30)45-4-2/h9-14,21,23-24,28-29H,3-8,15-20,22H2,1-2H3,(H,37,42)(H,38,39,43). The van der Waals surface area contributed by atoms with Gasteiger partial charge in [-0.3, -0.25) is 24.6 Å². The van der Waals surface area contributed by atoms with Gasteiger partial charge in [0.2, 0.25) is 5.91 Å². The molecule has 244 valence electrons. The molecule has 0 spiro atoms. The summed E-state index contributed by atoms with van der Waals surface area (Å²) in [5, 5.41) is 8.53. The normalized spacial score (nSPS) is 19.3. The Balaban J connectivity index is 1.03. The van der Waals surface area contributed by atoms with Crippen LogP contribution in [0.25, 0.3) is 11.3 Å². The van der Waals surface area contributed by atoms with E-state index in [0.717, 1.165) is 49.4 Å². The maximum absolute atomic E-state index is 13.3. The first-order chi connectivity index (χ1) is 22.4. The number of aromatic nitrogens is 1. The Morgan fingerprint density at radius 1 is 0.935 bits per heavy atom. The molecule has 1 unspecified atom stereocenters. The highest BCUT2D eigenvalue weighted by Gasteiger charge is 2.32. The molecule has 2 aromatic carbocycles. The molecule has 46 heavy (non-hydrogen) atoms. The van der Waals surface area contributed by atoms with Crippen molar-refractivity contribution in [3.8, 4) is 17.0 Å². The van der Waals surface area contributed by atoms with Crippen LogP contribution < -0.4 is 15.4 Å². The molecule has 0 radical (unpaired) electrons. The summed E-state index contributed by atoms with van der Waals surface area (Å²) in [5.74, 6) is 1.23. The first-order valence-electron chi connectivity index (χ1n) is 16.9. The maximum Gasteiger partial charge on any atom is 0.257 e. The smallest absolute Gasteiger partial charge is 0.257 e. The van der Waals surface area contributed by atoms with Crippen LogP contribution in [0.3, 0.4) is 0 Å². The van der Waals surface area contributed by atoms with Crippen LogP contribution in [0.2, 0.25) is 0 Å². The fourth-order valence-corrected chi connectivity index (χ4v) is 7.82. The number of amides is 3. The molecule has 10 heteroatoms. The Hall–Kier alpha value is -3.76. The van der Waals surface area contributed by atoms with Crippen LogP contribution in [0.1, 0.15) is 97.4 Å². The Morgan fingerprint density at radius 3 is 2.39 bits per heavy atom. The van der Waals surface area contributed by atoms with E-state index in [1.54, 1.807) is 24.3 Å². The van der Waals surface area contributed by atoms with Gasteiger partial charge in [-0.15, -0.1) is 11.3 Å². The molecular weight excluding hydrogens is 598 g/mol. The minimum absolute atomic E-state index is 0.00517. The van der Waals surface area contributed by atoms with Crippen molar-refractivity contribution < 1.29 is 19.1 Å². The lowest BCUT2D eigenvalue weighted by Crippen LogP contribution is -2.47. The van der Waals surface area contributed by atoms with Gasteiger partial charge < -0.3 is 15.0 Å². The Morgan fingerprint density at radius 2 is 1.67 bits per heavy atom. The number of carbonyl (C=O) groups excluding carboxylic acids is 3. The molecular formula is C36H45N5O4S. The van der Waals surface area contributed by atoms with Crippen molar-refractivity contribution in [2.75, 3.05) is 38.1 Å². The summed E-state index contributed by atoms with van der Waals surface area (Å²) in [5.41, 5.74) is 4.14. The largest absolute Gasteiger partial charge is 0.493 e. The number of thiazole rings is 1. The minimum atomic E-state index is -0.260. The van der Waals surface area contributed by atoms with E-state index in [2.05, 4.69) is 27.7 Å². The number of carbonyl (C=O) groups is 3. The van der Waals surface area contributed by atoms with Crippen LogP contribution in [0, 0.1) is 0 Å². The van der Waals surface area contributed by atoms with Gasteiger partial charge in [-0.1, -0.05) is 25.8 Å². The number of ether oxygens (including phenoxy) is 1. The lowest BCUT2D eigenvalue weighted by Gasteiger charge is -2.36. The van der Waals surface area contributed by atoms with E-state index in [4.69, 9.17) is 9.72 Å². The third-order valence-electron chi connectivity index (χ3n) is 9.70. The molecule has 2 aliphatic heterocycles. The summed E-state index contributed by atoms with van der Waals surface area (Å²) < 4.78 is 5.92. The first-order valence-corrected chi connectivity index (χ1v) is 17.8. The fourth-order valence-electron chi connectivity index (χ4n) is 7.11. The second-order valence-corrected chi connectivity index (χ2v) is 13.5. The van der Waals surface area contributed by atoms with Crippen LogP contribution in [-0.2, 0) is 4.79 Å². The van der Waals surface area contributed by atoms with Crippen molar-refractivity contribution in [1.29, 1.82) is 0 Å². The number of benzene rings is 2. The van der Waals surface area contributed by atoms with E-state index in [0.29, 0.717) is 54.3 Å². The van der Waals surface area contributed by atoms with Gasteiger partial charge in [0, 0.05) is 66.8 Å². The molecule has 2 N–H and O–H groups in total. The Labute approximate surface area is 275 Å². The molecule has 3 heterocycles. The zero-order valence-corrected chi connectivity index (χ0v) is 27.7. The summed E-state index contributed by atoms with van der Waals surface area (Å²) in [4.78, 5) is 47.3. The molecule has 0 bridgehead atoms. The Kier molecular flexibility index (Phi) is 10.3. The van der Waals surface area contributed by atoms with Gasteiger partial charge in [0.15, 0.2) is 5.13 Å². The minimum Gasteiger partial charge on any atom is -0.493 e. The molecule has 3 aliphatic rings. The van der Waals surface area contributed by atoms with Gasteiger partial charge in [0.05, 0.1) is 12.3 Å². The van der Waals surface area contributed by atoms with Crippen LogP contribution >= 0.6 is 11.3 Å². The van der Waals surface area contributed by atoms with E-state index < -0.39 is 0 Å². The van der Waals surface area contributed by atoms with Crippen molar-refractivity contribution in [2.45, 2.75) is 83.2 Å². The highest BCUT2D eigenvalue weighted by Crippen LogP contribution is 2.39. The molecule has 1 saturated carbocycles. The van der Waals surface area contributed by atoms with Crippen molar-refractivity contribution in [2.24, 2.45) is 0 Å². The first kappa shape index (κ1) is 32.2. The lowest BCUT2D eigenvalue weighted by atomic mass is 9.95. The van der Waals surface area contributed by atoms with Gasteiger partial charge in [0.1, 0.15) is 5.75 Å². The number of anilines is 1. The molecule has 3 fully saturated rings. The summed E-state index contributed by atoms with van der Waals surface area (Å²) >= 11 is 1.39. The number of nitrogens with zero attached hydrogens (tertiary/aromatic N) is 3. The highest BCUT2D eigenvalue weighted by molar-refractivity contribution is 7.14.